The van der Waals surface area contributed by atoms with Crippen molar-refractivity contribution in [3.8, 4) is 11.8 Å². The molecule has 1 N–H and O–H groups in total. The van der Waals surface area contributed by atoms with Gasteiger partial charge in [0.2, 0.25) is 5.91 Å². The second kappa shape index (κ2) is 9.13. The molecule has 0 aliphatic carbocycles. The first kappa shape index (κ1) is 19.6. The summed E-state index contributed by atoms with van der Waals surface area (Å²) in [7, 11) is 1.76. The van der Waals surface area contributed by atoms with Crippen LogP contribution in [0.3, 0.4) is 0 Å². The summed E-state index contributed by atoms with van der Waals surface area (Å²) < 4.78 is 28.5. The zero-order valence-electron chi connectivity index (χ0n) is 13.9. The molecule has 0 heterocycles. The minimum absolute atomic E-state index is 0.0850. The van der Waals surface area contributed by atoms with Gasteiger partial charge < -0.3 is 10.1 Å². The van der Waals surface area contributed by atoms with Crippen LogP contribution in [-0.2, 0) is 11.3 Å². The molecule has 5 nitrogen and oxygen atoms in total. The fraction of sp³-hybridized carbons (Fsp3) is 0.222. The number of alkyl halides is 2. The molecule has 0 radical (unpaired) electrons. The van der Waals surface area contributed by atoms with E-state index >= 15 is 0 Å². The first-order valence-electron chi connectivity index (χ1n) is 7.59. The summed E-state index contributed by atoms with van der Waals surface area (Å²) in [6.07, 6.45) is 0. The van der Waals surface area contributed by atoms with E-state index in [1.54, 1.807) is 30.1 Å². The predicted octanol–water partition coefficient (Wildman–Crippen LogP) is 3.88. The lowest BCUT2D eigenvalue weighted by atomic mass is 10.2. The van der Waals surface area contributed by atoms with Crippen molar-refractivity contribution in [3.05, 3.63) is 58.6 Å². The van der Waals surface area contributed by atoms with Crippen LogP contribution in [0.4, 0.5) is 14.5 Å². The van der Waals surface area contributed by atoms with Crippen LogP contribution >= 0.6 is 11.6 Å². The van der Waals surface area contributed by atoms with Gasteiger partial charge in [-0.25, -0.2) is 0 Å². The number of rotatable bonds is 7. The monoisotopic (exact) mass is 379 g/mol. The van der Waals surface area contributed by atoms with E-state index in [-0.39, 0.29) is 23.2 Å². The van der Waals surface area contributed by atoms with Crippen LogP contribution in [0.2, 0.25) is 5.02 Å². The Labute approximate surface area is 154 Å². The first-order valence-corrected chi connectivity index (χ1v) is 7.97. The van der Waals surface area contributed by atoms with Gasteiger partial charge in [-0.15, -0.1) is 0 Å². The number of anilines is 1. The van der Waals surface area contributed by atoms with Crippen LogP contribution in [0.25, 0.3) is 0 Å². The largest absolute Gasteiger partial charge is 0.435 e. The maximum absolute atomic E-state index is 12.1. The zero-order valence-corrected chi connectivity index (χ0v) is 14.6. The van der Waals surface area contributed by atoms with Crippen LogP contribution in [0.1, 0.15) is 11.1 Å². The summed E-state index contributed by atoms with van der Waals surface area (Å²) in [5, 5.41) is 11.8. The number of likely N-dealkylation sites (N-methyl/N-ethyl adjacent to an activating group) is 1. The number of halogens is 3. The highest BCUT2D eigenvalue weighted by Crippen LogP contribution is 2.20. The lowest BCUT2D eigenvalue weighted by Crippen LogP contribution is -2.29. The maximum atomic E-state index is 12.1. The van der Waals surface area contributed by atoms with E-state index in [9.17, 15) is 13.6 Å². The Kier molecular flexibility index (Phi) is 6.89. The van der Waals surface area contributed by atoms with Gasteiger partial charge in [0.1, 0.15) is 11.8 Å². The van der Waals surface area contributed by atoms with E-state index in [0.29, 0.717) is 17.8 Å². The average Bonchev–Trinajstić information content (AvgIpc) is 2.56. The summed E-state index contributed by atoms with van der Waals surface area (Å²) in [5.74, 6) is -0.159. The first-order chi connectivity index (χ1) is 12.4. The number of nitrogens with zero attached hydrogens (tertiary/aromatic N) is 2. The molecular weight excluding hydrogens is 364 g/mol. The van der Waals surface area contributed by atoms with Crippen molar-refractivity contribution in [3.63, 3.8) is 0 Å². The highest BCUT2D eigenvalue weighted by atomic mass is 35.5. The second-order valence-corrected chi connectivity index (χ2v) is 5.96. The number of carbonyl (C=O) groups is 1. The molecule has 0 aliphatic rings. The number of hydrogen-bond acceptors (Lipinski definition) is 4. The van der Waals surface area contributed by atoms with Crippen molar-refractivity contribution >= 4 is 23.2 Å². The number of ether oxygens (including phenoxy) is 1. The lowest BCUT2D eigenvalue weighted by Gasteiger charge is -2.17. The summed E-state index contributed by atoms with van der Waals surface area (Å²) in [6.45, 7) is -2.29. The molecule has 8 heteroatoms. The van der Waals surface area contributed by atoms with Gasteiger partial charge in [-0.3, -0.25) is 9.69 Å². The average molecular weight is 380 g/mol. The minimum Gasteiger partial charge on any atom is -0.435 e. The molecular formula is C18H16ClF2N3O2. The van der Waals surface area contributed by atoms with Gasteiger partial charge in [0.15, 0.2) is 0 Å². The fourth-order valence-electron chi connectivity index (χ4n) is 2.27. The quantitative estimate of drug-likeness (QED) is 0.792. The van der Waals surface area contributed by atoms with E-state index in [2.05, 4.69) is 10.1 Å². The van der Waals surface area contributed by atoms with Crippen LogP contribution < -0.4 is 10.1 Å². The van der Waals surface area contributed by atoms with Gasteiger partial charge in [-0.1, -0.05) is 23.7 Å². The molecule has 0 unspecified atom stereocenters. The highest BCUT2D eigenvalue weighted by molar-refractivity contribution is 6.32. The maximum Gasteiger partial charge on any atom is 0.387 e. The molecule has 2 aromatic rings. The normalized spacial score (nSPS) is 10.7. The molecule has 0 bridgehead atoms. The van der Waals surface area contributed by atoms with Crippen LogP contribution in [0.5, 0.6) is 5.75 Å². The second-order valence-electron chi connectivity index (χ2n) is 5.55. The van der Waals surface area contributed by atoms with Gasteiger partial charge in [0.05, 0.1) is 17.1 Å². The number of carbonyl (C=O) groups excluding carboxylic acids is 1. The Morgan fingerprint density at radius 2 is 2.00 bits per heavy atom. The molecule has 2 rings (SSSR count). The smallest absolute Gasteiger partial charge is 0.387 e. The summed E-state index contributed by atoms with van der Waals surface area (Å²) in [4.78, 5) is 13.9. The third kappa shape index (κ3) is 5.99. The predicted molar refractivity (Wildman–Crippen MR) is 94.2 cm³/mol. The zero-order chi connectivity index (χ0) is 19.1. The number of nitriles is 1. The lowest BCUT2D eigenvalue weighted by molar-refractivity contribution is -0.117. The number of benzene rings is 2. The number of hydrogen-bond donors (Lipinski definition) is 1. The Balaban J connectivity index is 1.87. The molecule has 0 fully saturated rings. The molecule has 136 valence electrons. The number of amides is 1. The molecule has 0 aliphatic heterocycles. The highest BCUT2D eigenvalue weighted by Gasteiger charge is 2.10. The third-order valence-electron chi connectivity index (χ3n) is 3.39. The van der Waals surface area contributed by atoms with E-state index in [1.807, 2.05) is 6.07 Å². The molecule has 0 atom stereocenters. The van der Waals surface area contributed by atoms with E-state index in [0.717, 1.165) is 5.56 Å². The van der Waals surface area contributed by atoms with Crippen molar-refractivity contribution in [2.75, 3.05) is 18.9 Å². The molecule has 0 aromatic heterocycles. The molecule has 26 heavy (non-hydrogen) atoms. The van der Waals surface area contributed by atoms with Crippen molar-refractivity contribution in [1.82, 2.24) is 4.90 Å². The molecule has 0 spiro atoms. The molecule has 2 aromatic carbocycles. The van der Waals surface area contributed by atoms with Crippen molar-refractivity contribution in [2.24, 2.45) is 0 Å². The van der Waals surface area contributed by atoms with Crippen LogP contribution in [0.15, 0.2) is 42.5 Å². The van der Waals surface area contributed by atoms with Gasteiger partial charge in [-0.2, -0.15) is 14.0 Å². The van der Waals surface area contributed by atoms with Gasteiger partial charge >= 0.3 is 6.61 Å². The van der Waals surface area contributed by atoms with Crippen molar-refractivity contribution in [2.45, 2.75) is 13.2 Å². The summed E-state index contributed by atoms with van der Waals surface area (Å²) in [6, 6.07) is 12.8. The Morgan fingerprint density at radius 1 is 1.31 bits per heavy atom. The standard InChI is InChI=1S/C18H16ClF2N3O2/c1-24(10-12-2-6-15(7-3-12)26-18(20)21)11-17(25)23-14-5-4-13(9-22)16(19)8-14/h2-8,18H,10-11H2,1H3,(H,23,25). The number of nitrogens with one attached hydrogen (secondary N) is 1. The van der Waals surface area contributed by atoms with Crippen molar-refractivity contribution in [1.29, 1.82) is 5.26 Å². The third-order valence-corrected chi connectivity index (χ3v) is 3.70. The van der Waals surface area contributed by atoms with Gasteiger partial charge in [-0.05, 0) is 42.9 Å². The Bertz CT molecular complexity index is 807. The summed E-state index contributed by atoms with van der Waals surface area (Å²) in [5.41, 5.74) is 1.69. The minimum atomic E-state index is -2.86. The molecule has 1 amide bonds. The van der Waals surface area contributed by atoms with Crippen molar-refractivity contribution < 1.29 is 18.3 Å². The SMILES string of the molecule is CN(CC(=O)Nc1ccc(C#N)c(Cl)c1)Cc1ccc(OC(F)F)cc1. The van der Waals surface area contributed by atoms with E-state index in [4.69, 9.17) is 16.9 Å². The van der Waals surface area contributed by atoms with Gasteiger partial charge in [0.25, 0.3) is 0 Å². The Hall–Kier alpha value is -2.69. The Morgan fingerprint density at radius 3 is 2.58 bits per heavy atom. The fourth-order valence-corrected chi connectivity index (χ4v) is 2.50. The van der Waals surface area contributed by atoms with Crippen LogP contribution in [0, 0.1) is 11.3 Å². The topological polar surface area (TPSA) is 65.4 Å². The van der Waals surface area contributed by atoms with E-state index in [1.165, 1.54) is 24.3 Å². The summed E-state index contributed by atoms with van der Waals surface area (Å²) >= 11 is 5.93. The van der Waals surface area contributed by atoms with E-state index < -0.39 is 6.61 Å². The van der Waals surface area contributed by atoms with Gasteiger partial charge in [0, 0.05) is 12.2 Å². The molecule has 0 saturated heterocycles. The van der Waals surface area contributed by atoms with Crippen LogP contribution in [-0.4, -0.2) is 31.0 Å². The molecule has 0 saturated carbocycles.